The first kappa shape index (κ1) is 28.1. The van der Waals surface area contributed by atoms with E-state index >= 15 is 0 Å². The van der Waals surface area contributed by atoms with Crippen molar-refractivity contribution in [2.45, 2.75) is 40.2 Å². The maximum atomic E-state index is 13.7. The Hall–Kier alpha value is -2.52. The van der Waals surface area contributed by atoms with Crippen molar-refractivity contribution in [1.82, 2.24) is 14.9 Å². The molecule has 9 heteroatoms. The van der Waals surface area contributed by atoms with Crippen molar-refractivity contribution in [3.63, 3.8) is 0 Å². The molecule has 0 bridgehead atoms. The molecule has 1 heterocycles. The minimum atomic E-state index is -0.473. The first-order chi connectivity index (χ1) is 17.3. The van der Waals surface area contributed by atoms with E-state index in [4.69, 9.17) is 25.8 Å². The lowest BCUT2D eigenvalue weighted by atomic mass is 9.89. The summed E-state index contributed by atoms with van der Waals surface area (Å²) in [6.07, 6.45) is 1.49. The molecular weight excluding hydrogens is 483 g/mol. The van der Waals surface area contributed by atoms with Gasteiger partial charge >= 0.3 is 0 Å². The fourth-order valence-electron chi connectivity index (χ4n) is 4.13. The summed E-state index contributed by atoms with van der Waals surface area (Å²) in [4.78, 5) is 11.3. The molecule has 0 fully saturated rings. The fraction of sp³-hybridized carbons (Fsp3) is 0.481. The van der Waals surface area contributed by atoms with Crippen molar-refractivity contribution in [3.8, 4) is 5.75 Å². The maximum Gasteiger partial charge on any atom is 0.141 e. The number of hydrogen-bond donors (Lipinski definition) is 1. The molecule has 196 valence electrons. The van der Waals surface area contributed by atoms with Crippen LogP contribution in [0, 0.1) is 5.82 Å². The number of ether oxygens (including phenoxy) is 3. The molecule has 0 saturated carbocycles. The zero-order valence-corrected chi connectivity index (χ0v) is 22.5. The fourth-order valence-corrected chi connectivity index (χ4v) is 4.31. The van der Waals surface area contributed by atoms with E-state index in [-0.39, 0.29) is 5.02 Å². The highest BCUT2D eigenvalue weighted by molar-refractivity contribution is 6.31. The average Bonchev–Trinajstić information content (AvgIpc) is 2.85. The Morgan fingerprint density at radius 1 is 0.972 bits per heavy atom. The van der Waals surface area contributed by atoms with Crippen LogP contribution in [0.3, 0.4) is 0 Å². The van der Waals surface area contributed by atoms with Crippen LogP contribution in [0.2, 0.25) is 5.02 Å². The number of hydrogen-bond acceptors (Lipinski definition) is 7. The number of nitrogens with one attached hydrogen (secondary N) is 1. The second-order valence-corrected chi connectivity index (χ2v) is 9.12. The Bertz CT molecular complexity index is 1140. The van der Waals surface area contributed by atoms with Crippen LogP contribution >= 0.6 is 11.6 Å². The van der Waals surface area contributed by atoms with Gasteiger partial charge in [-0.1, -0.05) is 11.6 Å². The van der Waals surface area contributed by atoms with Gasteiger partial charge in [-0.3, -0.25) is 4.90 Å². The first-order valence-corrected chi connectivity index (χ1v) is 12.7. The first-order valence-electron chi connectivity index (χ1n) is 12.4. The lowest BCUT2D eigenvalue weighted by molar-refractivity contribution is 0.0314. The predicted molar refractivity (Wildman–Crippen MR) is 143 cm³/mol. The Kier molecular flexibility index (Phi) is 10.2. The Labute approximate surface area is 217 Å². The van der Waals surface area contributed by atoms with Gasteiger partial charge in [0.2, 0.25) is 0 Å². The normalized spacial score (nSPS) is 11.9. The van der Waals surface area contributed by atoms with Crippen LogP contribution in [0.1, 0.15) is 40.2 Å². The second kappa shape index (κ2) is 13.1. The molecule has 7 nitrogen and oxygen atoms in total. The van der Waals surface area contributed by atoms with Crippen LogP contribution in [0.5, 0.6) is 5.75 Å². The minimum absolute atomic E-state index is 0.0399. The third kappa shape index (κ3) is 6.82. The van der Waals surface area contributed by atoms with Crippen LogP contribution in [-0.4, -0.2) is 61.0 Å². The van der Waals surface area contributed by atoms with Crippen molar-refractivity contribution >= 4 is 34.0 Å². The summed E-state index contributed by atoms with van der Waals surface area (Å²) in [6, 6.07) is 8.50. The molecule has 0 spiro atoms. The van der Waals surface area contributed by atoms with Gasteiger partial charge in [-0.05, 0) is 58.9 Å². The van der Waals surface area contributed by atoms with Crippen LogP contribution in [0.15, 0.2) is 36.7 Å². The number of nitrogens with zero attached hydrogens (tertiary/aromatic N) is 3. The minimum Gasteiger partial charge on any atom is -0.493 e. The van der Waals surface area contributed by atoms with E-state index in [2.05, 4.69) is 40.1 Å². The lowest BCUT2D eigenvalue weighted by Crippen LogP contribution is -2.45. The number of rotatable bonds is 14. The van der Waals surface area contributed by atoms with Gasteiger partial charge in [0, 0.05) is 54.5 Å². The van der Waals surface area contributed by atoms with Crippen molar-refractivity contribution in [3.05, 3.63) is 53.1 Å². The molecule has 3 aromatic rings. The molecule has 0 saturated heterocycles. The van der Waals surface area contributed by atoms with E-state index in [9.17, 15) is 4.39 Å². The number of aromatic nitrogens is 2. The summed E-state index contributed by atoms with van der Waals surface area (Å²) in [5.74, 6) is 0.889. The highest BCUT2D eigenvalue weighted by Gasteiger charge is 2.32. The summed E-state index contributed by atoms with van der Waals surface area (Å²) in [5, 5.41) is 4.12. The number of fused-ring (bicyclic) bond motifs is 1. The molecule has 2 aromatic carbocycles. The Morgan fingerprint density at radius 2 is 1.67 bits per heavy atom. The number of halogens is 2. The summed E-state index contributed by atoms with van der Waals surface area (Å²) in [7, 11) is 0. The standard InChI is InChI=1S/C27H36ClFN4O3/c1-6-34-13-11-33(12-14-35-7-2)27(4,5)21-16-20-24(17-25(21)36-8-3)30-18-31-26(20)32-19-9-10-23(29)22(28)15-19/h9-10,15-18H,6-8,11-14H2,1-5H3,(H,30,31,32). The summed E-state index contributed by atoms with van der Waals surface area (Å²) in [5.41, 5.74) is 1.95. The molecule has 0 aliphatic carbocycles. The van der Waals surface area contributed by atoms with Crippen LogP contribution < -0.4 is 10.1 Å². The number of benzene rings is 2. The molecule has 0 unspecified atom stereocenters. The van der Waals surface area contributed by atoms with Crippen LogP contribution in [-0.2, 0) is 15.0 Å². The monoisotopic (exact) mass is 518 g/mol. The zero-order chi connectivity index (χ0) is 26.1. The molecule has 1 N–H and O–H groups in total. The predicted octanol–water partition coefficient (Wildman–Crippen LogP) is 6.17. The average molecular weight is 519 g/mol. The highest BCUT2D eigenvalue weighted by Crippen LogP contribution is 2.39. The van der Waals surface area contributed by atoms with Gasteiger partial charge in [-0.2, -0.15) is 0 Å². The smallest absolute Gasteiger partial charge is 0.141 e. The molecule has 1 aromatic heterocycles. The molecule has 0 aliphatic rings. The molecule has 0 radical (unpaired) electrons. The molecule has 3 rings (SSSR count). The van der Waals surface area contributed by atoms with E-state index in [1.54, 1.807) is 6.07 Å². The van der Waals surface area contributed by atoms with E-state index in [1.165, 1.54) is 18.5 Å². The van der Waals surface area contributed by atoms with Crippen molar-refractivity contribution in [2.75, 3.05) is 51.4 Å². The molecule has 0 aliphatic heterocycles. The molecule has 36 heavy (non-hydrogen) atoms. The molecule has 0 amide bonds. The summed E-state index contributed by atoms with van der Waals surface area (Å²) < 4.78 is 31.1. The Balaban J connectivity index is 2.06. The van der Waals surface area contributed by atoms with Gasteiger partial charge in [-0.15, -0.1) is 0 Å². The third-order valence-corrected chi connectivity index (χ3v) is 6.38. The second-order valence-electron chi connectivity index (χ2n) is 8.71. The Morgan fingerprint density at radius 3 is 2.28 bits per heavy atom. The van der Waals surface area contributed by atoms with E-state index in [0.717, 1.165) is 35.3 Å². The van der Waals surface area contributed by atoms with E-state index < -0.39 is 11.4 Å². The lowest BCUT2D eigenvalue weighted by Gasteiger charge is -2.40. The quantitative estimate of drug-likeness (QED) is 0.256. The zero-order valence-electron chi connectivity index (χ0n) is 21.7. The summed E-state index contributed by atoms with van der Waals surface area (Å²) in [6.45, 7) is 14.9. The van der Waals surface area contributed by atoms with Crippen molar-refractivity contribution in [1.29, 1.82) is 0 Å². The number of anilines is 2. The van der Waals surface area contributed by atoms with Crippen LogP contribution in [0.25, 0.3) is 10.9 Å². The highest BCUT2D eigenvalue weighted by atomic mass is 35.5. The molecule has 0 atom stereocenters. The largest absolute Gasteiger partial charge is 0.493 e. The SMILES string of the molecule is CCOCCN(CCOCC)C(C)(C)c1cc2c(Nc3ccc(F)c(Cl)c3)ncnc2cc1OCC. The third-order valence-electron chi connectivity index (χ3n) is 6.09. The van der Waals surface area contributed by atoms with Gasteiger partial charge in [0.1, 0.15) is 23.7 Å². The van der Waals surface area contributed by atoms with Gasteiger partial charge in [0.25, 0.3) is 0 Å². The van der Waals surface area contributed by atoms with E-state index in [1.807, 2.05) is 26.8 Å². The van der Waals surface area contributed by atoms with E-state index in [0.29, 0.717) is 44.5 Å². The maximum absolute atomic E-state index is 13.7. The van der Waals surface area contributed by atoms with Gasteiger partial charge in [0.15, 0.2) is 0 Å². The van der Waals surface area contributed by atoms with Crippen LogP contribution in [0.4, 0.5) is 15.9 Å². The topological polar surface area (TPSA) is 68.7 Å². The summed E-state index contributed by atoms with van der Waals surface area (Å²) >= 11 is 5.99. The van der Waals surface area contributed by atoms with Crippen molar-refractivity contribution in [2.24, 2.45) is 0 Å². The van der Waals surface area contributed by atoms with Gasteiger partial charge in [0.05, 0.1) is 30.4 Å². The van der Waals surface area contributed by atoms with Gasteiger partial charge in [-0.25, -0.2) is 14.4 Å². The molecular formula is C27H36ClFN4O3. The van der Waals surface area contributed by atoms with Crippen molar-refractivity contribution < 1.29 is 18.6 Å². The van der Waals surface area contributed by atoms with Gasteiger partial charge < -0.3 is 19.5 Å².